The number of benzene rings is 2. The molecule has 1 amide bonds. The highest BCUT2D eigenvalue weighted by Crippen LogP contribution is 2.42. The minimum atomic E-state index is -0.760. The molecule has 0 unspecified atom stereocenters. The van der Waals surface area contributed by atoms with E-state index in [9.17, 15) is 19.4 Å². The standard InChI is InChI=1S/C27H28ClFN4O3/c1-17-25(33-14-27(2,36)15-33)10-19(13-30-17)22-12-20(29)11-21(26(22)35)18-5-6-24(23(28)9-18)32(16-34)8-7-31(3)4/h5-13,16,35-36H,14-15H2,1-4H3/b8-7-. The summed E-state index contributed by atoms with van der Waals surface area (Å²) in [6.07, 6.45) is 5.50. The van der Waals surface area contributed by atoms with Gasteiger partial charge in [-0.05, 0) is 49.7 Å². The molecule has 3 aromatic rings. The SMILES string of the molecule is Cc1ncc(-c2cc(F)cc(-c3ccc(N(C=O)/C=C\N(C)C)c(Cl)c3)c2O)cc1N1CC(C)(O)C1. The van der Waals surface area contributed by atoms with Crippen LogP contribution < -0.4 is 9.80 Å². The predicted octanol–water partition coefficient (Wildman–Crippen LogP) is 4.79. The van der Waals surface area contributed by atoms with Crippen LogP contribution in [-0.2, 0) is 4.79 Å². The number of hydrogen-bond acceptors (Lipinski definition) is 6. The summed E-state index contributed by atoms with van der Waals surface area (Å²) >= 11 is 6.48. The zero-order chi connectivity index (χ0) is 26.2. The Balaban J connectivity index is 1.72. The Kier molecular flexibility index (Phi) is 6.93. The monoisotopic (exact) mass is 510 g/mol. The molecule has 188 valence electrons. The van der Waals surface area contributed by atoms with E-state index in [1.807, 2.05) is 32.0 Å². The lowest BCUT2D eigenvalue weighted by Gasteiger charge is -2.46. The van der Waals surface area contributed by atoms with Gasteiger partial charge < -0.3 is 20.0 Å². The maximum Gasteiger partial charge on any atom is 0.218 e. The number of halogens is 2. The number of nitrogens with zero attached hydrogens (tertiary/aromatic N) is 4. The van der Waals surface area contributed by atoms with E-state index in [2.05, 4.69) is 4.98 Å². The van der Waals surface area contributed by atoms with Crippen molar-refractivity contribution in [3.05, 3.63) is 71.5 Å². The number of phenolic OH excluding ortho intramolecular Hbond substituents is 1. The number of aliphatic hydroxyl groups is 1. The van der Waals surface area contributed by atoms with Crippen LogP contribution in [0.4, 0.5) is 15.8 Å². The van der Waals surface area contributed by atoms with Gasteiger partial charge in [-0.15, -0.1) is 0 Å². The van der Waals surface area contributed by atoms with Crippen LogP contribution in [0.5, 0.6) is 5.75 Å². The van der Waals surface area contributed by atoms with Crippen LogP contribution in [0.25, 0.3) is 22.3 Å². The lowest BCUT2D eigenvalue weighted by molar-refractivity contribution is -0.107. The molecule has 1 saturated heterocycles. The number of amides is 1. The second-order valence-electron chi connectivity index (χ2n) is 9.47. The third kappa shape index (κ3) is 5.15. The molecule has 2 N–H and O–H groups in total. The summed E-state index contributed by atoms with van der Waals surface area (Å²) in [6, 6.07) is 9.22. The zero-order valence-electron chi connectivity index (χ0n) is 20.5. The van der Waals surface area contributed by atoms with Gasteiger partial charge >= 0.3 is 0 Å². The number of rotatable bonds is 7. The van der Waals surface area contributed by atoms with Crippen LogP contribution >= 0.6 is 11.6 Å². The van der Waals surface area contributed by atoms with Crippen molar-refractivity contribution in [1.29, 1.82) is 0 Å². The molecule has 1 aromatic heterocycles. The first-order chi connectivity index (χ1) is 17.0. The van der Waals surface area contributed by atoms with E-state index < -0.39 is 11.4 Å². The first-order valence-electron chi connectivity index (χ1n) is 11.3. The number of pyridine rings is 1. The molecule has 1 aliphatic heterocycles. The van der Waals surface area contributed by atoms with Crippen molar-refractivity contribution in [3.8, 4) is 28.0 Å². The number of aromatic hydroxyl groups is 1. The van der Waals surface area contributed by atoms with E-state index in [4.69, 9.17) is 11.6 Å². The highest BCUT2D eigenvalue weighted by Gasteiger charge is 2.37. The fourth-order valence-corrected chi connectivity index (χ4v) is 4.51. The van der Waals surface area contributed by atoms with Crippen molar-refractivity contribution in [2.24, 2.45) is 0 Å². The lowest BCUT2D eigenvalue weighted by atomic mass is 9.94. The molecule has 4 rings (SSSR count). The number of hydrogen-bond donors (Lipinski definition) is 2. The Labute approximate surface area is 214 Å². The maximum atomic E-state index is 14.8. The molecule has 0 spiro atoms. The minimum absolute atomic E-state index is 0.118. The van der Waals surface area contributed by atoms with Gasteiger partial charge in [-0.3, -0.25) is 14.7 Å². The molecule has 1 aliphatic rings. The number of carbonyl (C=O) groups excluding carboxylic acids is 1. The second kappa shape index (κ2) is 9.79. The van der Waals surface area contributed by atoms with Gasteiger partial charge in [0.05, 0.1) is 27.7 Å². The fourth-order valence-electron chi connectivity index (χ4n) is 4.24. The number of anilines is 2. The van der Waals surface area contributed by atoms with Crippen LogP contribution in [0, 0.1) is 12.7 Å². The van der Waals surface area contributed by atoms with E-state index in [0.29, 0.717) is 36.3 Å². The molecular weight excluding hydrogens is 483 g/mol. The molecule has 36 heavy (non-hydrogen) atoms. The summed E-state index contributed by atoms with van der Waals surface area (Å²) in [5.41, 5.74) is 2.86. The Bertz CT molecular complexity index is 1330. The number of aryl methyl sites for hydroxylation is 1. The Morgan fingerprint density at radius 1 is 1.11 bits per heavy atom. The second-order valence-corrected chi connectivity index (χ2v) is 9.88. The summed E-state index contributed by atoms with van der Waals surface area (Å²) in [5, 5.41) is 21.5. The van der Waals surface area contributed by atoms with Gasteiger partial charge in [-0.25, -0.2) is 4.39 Å². The lowest BCUT2D eigenvalue weighted by Crippen LogP contribution is -2.60. The number of aromatic nitrogens is 1. The van der Waals surface area contributed by atoms with Crippen LogP contribution in [0.3, 0.4) is 0 Å². The molecule has 9 heteroatoms. The number of phenols is 1. The van der Waals surface area contributed by atoms with E-state index >= 15 is 0 Å². The summed E-state index contributed by atoms with van der Waals surface area (Å²) < 4.78 is 14.8. The Morgan fingerprint density at radius 2 is 1.78 bits per heavy atom. The van der Waals surface area contributed by atoms with Crippen molar-refractivity contribution >= 4 is 29.4 Å². The van der Waals surface area contributed by atoms with Gasteiger partial charge in [0.1, 0.15) is 11.6 Å². The third-order valence-electron chi connectivity index (χ3n) is 6.03. The van der Waals surface area contributed by atoms with E-state index in [0.717, 1.165) is 11.4 Å². The Morgan fingerprint density at radius 3 is 2.36 bits per heavy atom. The van der Waals surface area contributed by atoms with Gasteiger partial charge in [-0.1, -0.05) is 17.7 Å². The van der Waals surface area contributed by atoms with Crippen molar-refractivity contribution in [2.45, 2.75) is 19.4 Å². The molecule has 0 saturated carbocycles. The molecular formula is C27H28ClFN4O3. The number of carbonyl (C=O) groups is 1. The third-order valence-corrected chi connectivity index (χ3v) is 6.33. The first kappa shape index (κ1) is 25.5. The van der Waals surface area contributed by atoms with Crippen molar-refractivity contribution in [2.75, 3.05) is 37.0 Å². The summed E-state index contributed by atoms with van der Waals surface area (Å²) in [4.78, 5) is 21.1. The topological polar surface area (TPSA) is 80.1 Å². The molecule has 0 atom stereocenters. The van der Waals surface area contributed by atoms with Crippen molar-refractivity contribution in [3.63, 3.8) is 0 Å². The van der Waals surface area contributed by atoms with Crippen LogP contribution in [0.15, 0.2) is 55.0 Å². The maximum absolute atomic E-state index is 14.8. The van der Waals surface area contributed by atoms with Gasteiger partial charge in [0.25, 0.3) is 0 Å². The van der Waals surface area contributed by atoms with Gasteiger partial charge in [0, 0.05) is 62.5 Å². The highest BCUT2D eigenvalue weighted by molar-refractivity contribution is 6.34. The van der Waals surface area contributed by atoms with Crippen LogP contribution in [0.2, 0.25) is 5.02 Å². The predicted molar refractivity (Wildman–Crippen MR) is 141 cm³/mol. The molecule has 2 heterocycles. The van der Waals surface area contributed by atoms with E-state index in [1.54, 1.807) is 48.6 Å². The molecule has 2 aromatic carbocycles. The normalized spacial score (nSPS) is 14.6. The van der Waals surface area contributed by atoms with Gasteiger partial charge in [0.15, 0.2) is 0 Å². The molecule has 0 aliphatic carbocycles. The molecule has 0 radical (unpaired) electrons. The highest BCUT2D eigenvalue weighted by atomic mass is 35.5. The van der Waals surface area contributed by atoms with E-state index in [1.165, 1.54) is 17.0 Å². The van der Waals surface area contributed by atoms with Crippen LogP contribution in [0.1, 0.15) is 12.6 Å². The van der Waals surface area contributed by atoms with Crippen LogP contribution in [-0.4, -0.2) is 59.3 Å². The minimum Gasteiger partial charge on any atom is -0.507 e. The average Bonchev–Trinajstić information content (AvgIpc) is 2.80. The molecule has 1 fully saturated rings. The number of β-amino-alcohol motifs (C(OH)–C–C–N with tert-alkyl or cyclic N) is 1. The van der Waals surface area contributed by atoms with Gasteiger partial charge in [-0.2, -0.15) is 0 Å². The Hall–Kier alpha value is -3.62. The first-order valence-corrected chi connectivity index (χ1v) is 11.7. The largest absolute Gasteiger partial charge is 0.507 e. The molecule has 0 bridgehead atoms. The molecule has 7 nitrogen and oxygen atoms in total. The quantitative estimate of drug-likeness (QED) is 0.445. The smallest absolute Gasteiger partial charge is 0.218 e. The zero-order valence-corrected chi connectivity index (χ0v) is 21.3. The van der Waals surface area contributed by atoms with E-state index in [-0.39, 0.29) is 21.9 Å². The summed E-state index contributed by atoms with van der Waals surface area (Å²) in [5.74, 6) is -0.650. The van der Waals surface area contributed by atoms with Gasteiger partial charge in [0.2, 0.25) is 6.41 Å². The summed E-state index contributed by atoms with van der Waals surface area (Å²) in [6.45, 7) is 4.56. The summed E-state index contributed by atoms with van der Waals surface area (Å²) in [7, 11) is 3.66. The van der Waals surface area contributed by atoms with Crippen molar-refractivity contribution < 1.29 is 19.4 Å². The van der Waals surface area contributed by atoms with Crippen molar-refractivity contribution in [1.82, 2.24) is 9.88 Å². The average molecular weight is 511 g/mol. The fraction of sp³-hybridized carbons (Fsp3) is 0.259.